The van der Waals surface area contributed by atoms with Crippen molar-refractivity contribution in [3.8, 4) is 0 Å². The highest BCUT2D eigenvalue weighted by atomic mass is 19.1. The molecule has 0 aromatic heterocycles. The Balaban J connectivity index is 2.99. The van der Waals surface area contributed by atoms with Crippen LogP contribution in [0.15, 0.2) is 18.2 Å². The molecule has 0 saturated heterocycles. The summed E-state index contributed by atoms with van der Waals surface area (Å²) >= 11 is 0. The molecule has 0 aliphatic rings. The minimum atomic E-state index is -0.594. The zero-order valence-electron chi connectivity index (χ0n) is 9.35. The second kappa shape index (κ2) is 4.27. The Bertz CT molecular complexity index is 325. The van der Waals surface area contributed by atoms with Crippen molar-refractivity contribution in [2.75, 3.05) is 0 Å². The average molecular weight is 213 g/mol. The number of halogens is 2. The van der Waals surface area contributed by atoms with E-state index in [4.69, 9.17) is 5.73 Å². The molecule has 2 N–H and O–H groups in total. The molecule has 3 heteroatoms. The summed E-state index contributed by atoms with van der Waals surface area (Å²) in [5.74, 6) is -0.879. The molecule has 0 spiro atoms. The second-order valence-corrected chi connectivity index (χ2v) is 4.54. The molecule has 0 heterocycles. The van der Waals surface area contributed by atoms with Crippen molar-refractivity contribution >= 4 is 0 Å². The van der Waals surface area contributed by atoms with Crippen molar-refractivity contribution in [3.05, 3.63) is 35.4 Å². The molecular formula is C12H17F2N. The summed E-state index contributed by atoms with van der Waals surface area (Å²) in [6.07, 6.45) is 0.211. The van der Waals surface area contributed by atoms with Gasteiger partial charge in [0.05, 0.1) is 0 Å². The van der Waals surface area contributed by atoms with Crippen molar-refractivity contribution in [2.24, 2.45) is 11.7 Å². The normalized spacial score (nSPS) is 15.4. The largest absolute Gasteiger partial charge is 0.325 e. The molecule has 0 bridgehead atoms. The maximum Gasteiger partial charge on any atom is 0.129 e. The smallest absolute Gasteiger partial charge is 0.129 e. The Morgan fingerprint density at radius 1 is 1.27 bits per heavy atom. The molecule has 0 aliphatic carbocycles. The van der Waals surface area contributed by atoms with Crippen LogP contribution in [0.2, 0.25) is 0 Å². The Morgan fingerprint density at radius 3 is 2.13 bits per heavy atom. The molecule has 1 nitrogen and oxygen atoms in total. The predicted octanol–water partition coefficient (Wildman–Crippen LogP) is 2.88. The molecule has 0 amide bonds. The van der Waals surface area contributed by atoms with Crippen molar-refractivity contribution in [3.63, 3.8) is 0 Å². The van der Waals surface area contributed by atoms with Crippen LogP contribution in [0.3, 0.4) is 0 Å². The number of hydrogen-bond donors (Lipinski definition) is 1. The summed E-state index contributed by atoms with van der Waals surface area (Å²) < 4.78 is 26.7. The van der Waals surface area contributed by atoms with Crippen molar-refractivity contribution < 1.29 is 8.78 Å². The average Bonchev–Trinajstić information content (AvgIpc) is 2.11. The van der Waals surface area contributed by atoms with Gasteiger partial charge < -0.3 is 5.73 Å². The van der Waals surface area contributed by atoms with Gasteiger partial charge in [-0.15, -0.1) is 0 Å². The summed E-state index contributed by atoms with van der Waals surface area (Å²) in [5.41, 5.74) is 5.48. The van der Waals surface area contributed by atoms with Gasteiger partial charge in [0, 0.05) is 11.1 Å². The van der Waals surface area contributed by atoms with Gasteiger partial charge in [-0.1, -0.05) is 19.9 Å². The van der Waals surface area contributed by atoms with Crippen LogP contribution in [-0.2, 0) is 6.42 Å². The fourth-order valence-electron chi connectivity index (χ4n) is 1.29. The summed E-state index contributed by atoms with van der Waals surface area (Å²) in [6, 6.07) is 3.88. The fraction of sp³-hybridized carbons (Fsp3) is 0.500. The van der Waals surface area contributed by atoms with E-state index in [-0.39, 0.29) is 17.9 Å². The highest BCUT2D eigenvalue weighted by Gasteiger charge is 2.26. The van der Waals surface area contributed by atoms with Gasteiger partial charge in [0.1, 0.15) is 11.6 Å². The first-order chi connectivity index (χ1) is 6.84. The van der Waals surface area contributed by atoms with E-state index in [0.29, 0.717) is 0 Å². The lowest BCUT2D eigenvalue weighted by atomic mass is 9.83. The molecule has 0 fully saturated rings. The Kier molecular flexibility index (Phi) is 3.45. The molecule has 1 atom stereocenters. The minimum Gasteiger partial charge on any atom is -0.325 e. The van der Waals surface area contributed by atoms with E-state index >= 15 is 0 Å². The summed E-state index contributed by atoms with van der Waals surface area (Å²) in [5, 5.41) is 0. The molecule has 1 aromatic carbocycles. The Labute approximate surface area is 89.3 Å². The lowest BCUT2D eigenvalue weighted by Crippen LogP contribution is -2.44. The first-order valence-corrected chi connectivity index (χ1v) is 5.06. The van der Waals surface area contributed by atoms with Crippen molar-refractivity contribution in [2.45, 2.75) is 32.7 Å². The molecule has 1 rings (SSSR count). The minimum absolute atomic E-state index is 0.0798. The number of rotatable bonds is 3. The fourth-order valence-corrected chi connectivity index (χ4v) is 1.29. The van der Waals surface area contributed by atoms with E-state index in [9.17, 15) is 8.78 Å². The van der Waals surface area contributed by atoms with Crippen LogP contribution in [0, 0.1) is 17.6 Å². The first-order valence-electron chi connectivity index (χ1n) is 5.06. The third-order valence-electron chi connectivity index (χ3n) is 2.94. The van der Waals surface area contributed by atoms with Crippen LogP contribution in [0.1, 0.15) is 26.3 Å². The van der Waals surface area contributed by atoms with Gasteiger partial charge >= 0.3 is 0 Å². The van der Waals surface area contributed by atoms with Crippen LogP contribution in [0.4, 0.5) is 8.78 Å². The van der Waals surface area contributed by atoms with Crippen LogP contribution in [-0.4, -0.2) is 5.54 Å². The standard InChI is InChI=1S/C12H17F2N/c1-8(2)12(3,15)7-9-10(13)5-4-6-11(9)14/h4-6,8H,7,15H2,1-3H3. The van der Waals surface area contributed by atoms with Crippen LogP contribution in [0.5, 0.6) is 0 Å². The Morgan fingerprint density at radius 2 is 1.73 bits per heavy atom. The summed E-state index contributed by atoms with van der Waals surface area (Å²) in [6.45, 7) is 5.70. The SMILES string of the molecule is CC(C)C(C)(N)Cc1c(F)cccc1F. The van der Waals surface area contributed by atoms with Gasteiger partial charge in [0.15, 0.2) is 0 Å². The third kappa shape index (κ3) is 2.75. The van der Waals surface area contributed by atoms with Crippen LogP contribution >= 0.6 is 0 Å². The molecule has 84 valence electrons. The second-order valence-electron chi connectivity index (χ2n) is 4.54. The lowest BCUT2D eigenvalue weighted by Gasteiger charge is -2.29. The molecule has 0 aliphatic heterocycles. The van der Waals surface area contributed by atoms with E-state index in [1.807, 2.05) is 20.8 Å². The van der Waals surface area contributed by atoms with E-state index in [1.165, 1.54) is 18.2 Å². The van der Waals surface area contributed by atoms with Gasteiger partial charge in [-0.2, -0.15) is 0 Å². The molecular weight excluding hydrogens is 196 g/mol. The molecule has 15 heavy (non-hydrogen) atoms. The summed E-state index contributed by atoms with van der Waals surface area (Å²) in [7, 11) is 0. The van der Waals surface area contributed by atoms with Gasteiger partial charge in [0.25, 0.3) is 0 Å². The number of hydrogen-bond acceptors (Lipinski definition) is 1. The highest BCUT2D eigenvalue weighted by molar-refractivity contribution is 5.22. The van der Waals surface area contributed by atoms with E-state index < -0.39 is 17.2 Å². The zero-order valence-corrected chi connectivity index (χ0v) is 9.35. The lowest BCUT2D eigenvalue weighted by molar-refractivity contribution is 0.328. The highest BCUT2D eigenvalue weighted by Crippen LogP contribution is 2.22. The van der Waals surface area contributed by atoms with E-state index in [0.717, 1.165) is 0 Å². The van der Waals surface area contributed by atoms with Gasteiger partial charge in [-0.05, 0) is 31.4 Å². The maximum atomic E-state index is 13.3. The van der Waals surface area contributed by atoms with Crippen molar-refractivity contribution in [1.29, 1.82) is 0 Å². The van der Waals surface area contributed by atoms with E-state index in [2.05, 4.69) is 0 Å². The topological polar surface area (TPSA) is 26.0 Å². The monoisotopic (exact) mass is 213 g/mol. The third-order valence-corrected chi connectivity index (χ3v) is 2.94. The number of nitrogens with two attached hydrogens (primary N) is 1. The van der Waals surface area contributed by atoms with Gasteiger partial charge in [-0.3, -0.25) is 0 Å². The predicted molar refractivity (Wildman–Crippen MR) is 57.5 cm³/mol. The Hall–Kier alpha value is -0.960. The van der Waals surface area contributed by atoms with Crippen LogP contribution < -0.4 is 5.73 Å². The summed E-state index contributed by atoms with van der Waals surface area (Å²) in [4.78, 5) is 0. The quantitative estimate of drug-likeness (QED) is 0.820. The van der Waals surface area contributed by atoms with Crippen molar-refractivity contribution in [1.82, 2.24) is 0 Å². The molecule has 0 saturated carbocycles. The number of benzene rings is 1. The zero-order chi connectivity index (χ0) is 11.6. The molecule has 0 radical (unpaired) electrons. The molecule has 1 aromatic rings. The van der Waals surface area contributed by atoms with Gasteiger partial charge in [-0.25, -0.2) is 8.78 Å². The first kappa shape index (κ1) is 12.1. The van der Waals surface area contributed by atoms with Crippen LogP contribution in [0.25, 0.3) is 0 Å². The van der Waals surface area contributed by atoms with Gasteiger partial charge in [0.2, 0.25) is 0 Å². The molecule has 1 unspecified atom stereocenters. The maximum absolute atomic E-state index is 13.3. The van der Waals surface area contributed by atoms with E-state index in [1.54, 1.807) is 0 Å².